The predicted molar refractivity (Wildman–Crippen MR) is 117 cm³/mol. The number of rotatable bonds is 4. The van der Waals surface area contributed by atoms with E-state index in [1.807, 2.05) is 31.2 Å². The minimum Gasteiger partial charge on any atom is -0.494 e. The Hall–Kier alpha value is -3.78. The van der Waals surface area contributed by atoms with Crippen LogP contribution >= 0.6 is 0 Å². The van der Waals surface area contributed by atoms with Crippen molar-refractivity contribution in [1.82, 2.24) is 0 Å². The highest BCUT2D eigenvalue weighted by molar-refractivity contribution is 5.84. The molecule has 0 spiro atoms. The van der Waals surface area contributed by atoms with Crippen molar-refractivity contribution in [2.45, 2.75) is 13.3 Å². The number of hydrogen-bond donors (Lipinski definition) is 0. The van der Waals surface area contributed by atoms with E-state index in [2.05, 4.69) is 11.8 Å². The Morgan fingerprint density at radius 1 is 0.719 bits per heavy atom. The first kappa shape index (κ1) is 21.5. The Morgan fingerprint density at radius 2 is 1.47 bits per heavy atom. The summed E-state index contributed by atoms with van der Waals surface area (Å²) in [7, 11) is 0. The molecule has 160 valence electrons. The molecule has 4 aromatic carbocycles. The van der Waals surface area contributed by atoms with Gasteiger partial charge in [-0.2, -0.15) is 0 Å². The van der Waals surface area contributed by atoms with Gasteiger partial charge in [0.1, 0.15) is 11.6 Å². The van der Waals surface area contributed by atoms with Crippen molar-refractivity contribution >= 4 is 10.8 Å². The zero-order valence-electron chi connectivity index (χ0n) is 17.2. The van der Waals surface area contributed by atoms with E-state index in [-0.39, 0.29) is 16.3 Å². The summed E-state index contributed by atoms with van der Waals surface area (Å²) < 4.78 is 60.9. The van der Waals surface area contributed by atoms with Gasteiger partial charge in [0.25, 0.3) is 0 Å². The van der Waals surface area contributed by atoms with Gasteiger partial charge >= 0.3 is 0 Å². The van der Waals surface area contributed by atoms with Crippen LogP contribution in [0.25, 0.3) is 21.9 Å². The molecule has 0 N–H and O–H groups in total. The standard InChI is InChI=1S/C27H18F4O/c1-2-13-32-22-10-8-18(9-11-22)20-7-6-19(24(28)15-20)5-3-17-4-12-23-21(14-17)16-25(29)27(31)26(23)30/h4,6-12,14-16H,2,13H2,1H3. The molecule has 0 aliphatic rings. The van der Waals surface area contributed by atoms with Crippen LogP contribution in [0.5, 0.6) is 5.75 Å². The van der Waals surface area contributed by atoms with E-state index in [1.165, 1.54) is 24.3 Å². The molecule has 0 radical (unpaired) electrons. The van der Waals surface area contributed by atoms with Crippen molar-refractivity contribution in [3.8, 4) is 28.7 Å². The van der Waals surface area contributed by atoms with E-state index in [1.54, 1.807) is 12.1 Å². The monoisotopic (exact) mass is 434 g/mol. The van der Waals surface area contributed by atoms with Gasteiger partial charge in [0, 0.05) is 10.9 Å². The molecular weight excluding hydrogens is 416 g/mol. The van der Waals surface area contributed by atoms with E-state index < -0.39 is 23.3 Å². The van der Waals surface area contributed by atoms with Crippen molar-refractivity contribution in [2.24, 2.45) is 0 Å². The maximum Gasteiger partial charge on any atom is 0.195 e. The summed E-state index contributed by atoms with van der Waals surface area (Å²) in [4.78, 5) is 0. The third-order valence-corrected chi connectivity index (χ3v) is 4.94. The molecule has 4 aromatic rings. The molecule has 0 bridgehead atoms. The molecule has 1 nitrogen and oxygen atoms in total. The van der Waals surface area contributed by atoms with E-state index in [0.29, 0.717) is 17.7 Å². The zero-order valence-corrected chi connectivity index (χ0v) is 17.2. The highest BCUT2D eigenvalue weighted by atomic mass is 19.2. The van der Waals surface area contributed by atoms with Crippen LogP contribution in [-0.2, 0) is 0 Å². The van der Waals surface area contributed by atoms with Crippen molar-refractivity contribution < 1.29 is 22.3 Å². The Labute approximate surface area is 183 Å². The highest BCUT2D eigenvalue weighted by Gasteiger charge is 2.13. The third kappa shape index (κ3) is 4.45. The largest absolute Gasteiger partial charge is 0.494 e. The SMILES string of the molecule is CCCOc1ccc(-c2ccc(C#Cc3ccc4c(F)c(F)c(F)cc4c3)c(F)c2)cc1. The number of benzene rings is 4. The van der Waals surface area contributed by atoms with Crippen LogP contribution in [0.15, 0.2) is 66.7 Å². The molecule has 0 heterocycles. The lowest BCUT2D eigenvalue weighted by Crippen LogP contribution is -1.94. The summed E-state index contributed by atoms with van der Waals surface area (Å²) in [6.07, 6.45) is 0.918. The molecule has 0 amide bonds. The van der Waals surface area contributed by atoms with Crippen LogP contribution < -0.4 is 4.74 Å². The Bertz CT molecular complexity index is 1350. The van der Waals surface area contributed by atoms with Gasteiger partial charge in [-0.05, 0) is 65.4 Å². The third-order valence-electron chi connectivity index (χ3n) is 4.94. The molecule has 0 aromatic heterocycles. The van der Waals surface area contributed by atoms with Crippen molar-refractivity contribution in [2.75, 3.05) is 6.61 Å². The van der Waals surface area contributed by atoms with Gasteiger partial charge in [-0.1, -0.05) is 43.0 Å². The van der Waals surface area contributed by atoms with Crippen LogP contribution in [0, 0.1) is 35.1 Å². The van der Waals surface area contributed by atoms with Crippen molar-refractivity contribution in [3.63, 3.8) is 0 Å². The fourth-order valence-electron chi connectivity index (χ4n) is 3.28. The zero-order chi connectivity index (χ0) is 22.7. The molecule has 32 heavy (non-hydrogen) atoms. The van der Waals surface area contributed by atoms with Gasteiger partial charge in [-0.15, -0.1) is 0 Å². The van der Waals surface area contributed by atoms with E-state index >= 15 is 0 Å². The van der Waals surface area contributed by atoms with E-state index in [0.717, 1.165) is 23.8 Å². The summed E-state index contributed by atoms with van der Waals surface area (Å²) in [6.45, 7) is 2.67. The first-order valence-corrected chi connectivity index (χ1v) is 10.1. The Morgan fingerprint density at radius 3 is 2.19 bits per heavy atom. The Balaban J connectivity index is 1.58. The van der Waals surface area contributed by atoms with Gasteiger partial charge < -0.3 is 4.74 Å². The first-order chi connectivity index (χ1) is 15.5. The van der Waals surface area contributed by atoms with Gasteiger partial charge in [-0.25, -0.2) is 17.6 Å². The first-order valence-electron chi connectivity index (χ1n) is 10.1. The fourth-order valence-corrected chi connectivity index (χ4v) is 3.28. The predicted octanol–water partition coefficient (Wildman–Crippen LogP) is 7.25. The Kier molecular flexibility index (Phi) is 6.13. The summed E-state index contributed by atoms with van der Waals surface area (Å²) in [5.74, 6) is 1.77. The quantitative estimate of drug-likeness (QED) is 0.187. The van der Waals surface area contributed by atoms with Crippen molar-refractivity contribution in [3.05, 3.63) is 101 Å². The molecule has 0 fully saturated rings. The lowest BCUT2D eigenvalue weighted by Gasteiger charge is -2.07. The molecular formula is C27H18F4O. The second kappa shape index (κ2) is 9.15. The molecule has 0 aliphatic carbocycles. The van der Waals surface area contributed by atoms with E-state index in [9.17, 15) is 17.6 Å². The van der Waals surface area contributed by atoms with E-state index in [4.69, 9.17) is 4.74 Å². The van der Waals surface area contributed by atoms with Gasteiger partial charge in [0.2, 0.25) is 0 Å². The smallest absolute Gasteiger partial charge is 0.195 e. The van der Waals surface area contributed by atoms with Crippen LogP contribution in [0.2, 0.25) is 0 Å². The average Bonchev–Trinajstić information content (AvgIpc) is 2.80. The maximum atomic E-state index is 14.6. The summed E-state index contributed by atoms with van der Waals surface area (Å²) in [6, 6.07) is 17.3. The highest BCUT2D eigenvalue weighted by Crippen LogP contribution is 2.25. The second-order valence-electron chi connectivity index (χ2n) is 7.24. The summed E-state index contributed by atoms with van der Waals surface area (Å²) in [5, 5.41) is 0.131. The normalized spacial score (nSPS) is 10.7. The number of halogens is 4. The maximum absolute atomic E-state index is 14.6. The van der Waals surface area contributed by atoms with Gasteiger partial charge in [0.15, 0.2) is 17.5 Å². The van der Waals surface area contributed by atoms with Crippen LogP contribution in [0.1, 0.15) is 24.5 Å². The molecule has 0 saturated heterocycles. The van der Waals surface area contributed by atoms with Gasteiger partial charge in [-0.3, -0.25) is 0 Å². The fraction of sp³-hybridized carbons (Fsp3) is 0.111. The summed E-state index contributed by atoms with van der Waals surface area (Å²) >= 11 is 0. The molecule has 0 unspecified atom stereocenters. The number of fused-ring (bicyclic) bond motifs is 1. The second-order valence-corrected chi connectivity index (χ2v) is 7.24. The summed E-state index contributed by atoms with van der Waals surface area (Å²) in [5.41, 5.74) is 2.16. The number of ether oxygens (including phenoxy) is 1. The lowest BCUT2D eigenvalue weighted by atomic mass is 10.0. The van der Waals surface area contributed by atoms with Crippen molar-refractivity contribution in [1.29, 1.82) is 0 Å². The van der Waals surface area contributed by atoms with Crippen LogP contribution in [0.3, 0.4) is 0 Å². The lowest BCUT2D eigenvalue weighted by molar-refractivity contribution is 0.317. The van der Waals surface area contributed by atoms with Gasteiger partial charge in [0.05, 0.1) is 12.2 Å². The number of hydrogen-bond acceptors (Lipinski definition) is 1. The molecule has 0 saturated carbocycles. The average molecular weight is 434 g/mol. The molecule has 0 atom stereocenters. The minimum atomic E-state index is -1.51. The minimum absolute atomic E-state index is 0.0453. The molecule has 4 rings (SSSR count). The molecule has 5 heteroatoms. The topological polar surface area (TPSA) is 9.23 Å². The molecule has 0 aliphatic heterocycles. The van der Waals surface area contributed by atoms with Crippen LogP contribution in [0.4, 0.5) is 17.6 Å². The van der Waals surface area contributed by atoms with Crippen LogP contribution in [-0.4, -0.2) is 6.61 Å².